The van der Waals surface area contributed by atoms with Gasteiger partial charge in [0.25, 0.3) is 5.69 Å². The number of hydrogen-bond donors (Lipinski definition) is 2. The Kier molecular flexibility index (Phi) is 3.65. The zero-order valence-electron chi connectivity index (χ0n) is 10.6. The maximum atomic E-state index is 10.8. The molecule has 0 aliphatic carbocycles. The summed E-state index contributed by atoms with van der Waals surface area (Å²) in [5, 5.41) is 29.8. The lowest BCUT2D eigenvalue weighted by molar-refractivity contribution is -0.385. The van der Waals surface area contributed by atoms with Crippen LogP contribution in [0.5, 0.6) is 11.5 Å². The summed E-state index contributed by atoms with van der Waals surface area (Å²) < 4.78 is 0. The fraction of sp³-hybridized carbons (Fsp3) is 0.0714. The van der Waals surface area contributed by atoms with Crippen molar-refractivity contribution in [3.63, 3.8) is 0 Å². The molecular formula is C14H12N2O4. The second-order valence-electron chi connectivity index (χ2n) is 4.15. The van der Waals surface area contributed by atoms with E-state index in [0.717, 1.165) is 0 Å². The lowest BCUT2D eigenvalue weighted by Crippen LogP contribution is -1.91. The van der Waals surface area contributed by atoms with Crippen LogP contribution in [0.3, 0.4) is 0 Å². The highest BCUT2D eigenvalue weighted by Gasteiger charge is 2.12. The van der Waals surface area contributed by atoms with Gasteiger partial charge < -0.3 is 10.2 Å². The zero-order valence-corrected chi connectivity index (χ0v) is 10.6. The van der Waals surface area contributed by atoms with Crippen LogP contribution in [0.1, 0.15) is 11.1 Å². The molecule has 0 unspecified atom stereocenters. The first kappa shape index (κ1) is 13.5. The molecule has 20 heavy (non-hydrogen) atoms. The Hall–Kier alpha value is -2.89. The molecule has 0 aromatic heterocycles. The first-order valence-corrected chi connectivity index (χ1v) is 5.79. The summed E-state index contributed by atoms with van der Waals surface area (Å²) in [7, 11) is 0. The number of nitro benzene ring substituents is 1. The molecule has 0 spiro atoms. The molecule has 0 bridgehead atoms. The summed E-state index contributed by atoms with van der Waals surface area (Å²) in [6.45, 7) is 1.60. The van der Waals surface area contributed by atoms with E-state index in [1.165, 1.54) is 18.3 Å². The van der Waals surface area contributed by atoms with Crippen molar-refractivity contribution in [3.8, 4) is 11.5 Å². The summed E-state index contributed by atoms with van der Waals surface area (Å²) in [5.74, 6) is -0.524. The molecule has 0 amide bonds. The van der Waals surface area contributed by atoms with Gasteiger partial charge in [-0.15, -0.1) is 0 Å². The van der Waals surface area contributed by atoms with Crippen molar-refractivity contribution in [3.05, 3.63) is 57.6 Å². The number of aliphatic imine (C=N–C) groups is 1. The highest BCUT2D eigenvalue weighted by atomic mass is 16.6. The number of aromatic hydroxyl groups is 2. The quantitative estimate of drug-likeness (QED) is 0.388. The second-order valence-corrected chi connectivity index (χ2v) is 4.15. The van der Waals surface area contributed by atoms with E-state index >= 15 is 0 Å². The molecule has 0 saturated heterocycles. The first-order chi connectivity index (χ1) is 9.50. The van der Waals surface area contributed by atoms with Gasteiger partial charge in [-0.2, -0.15) is 0 Å². The molecule has 102 valence electrons. The Morgan fingerprint density at radius 2 is 1.90 bits per heavy atom. The van der Waals surface area contributed by atoms with Gasteiger partial charge in [0.05, 0.1) is 16.2 Å². The molecule has 0 fully saturated rings. The van der Waals surface area contributed by atoms with Gasteiger partial charge in [0.15, 0.2) is 11.5 Å². The molecule has 6 heteroatoms. The number of benzene rings is 2. The molecule has 0 saturated carbocycles. The minimum Gasteiger partial charge on any atom is -0.504 e. The van der Waals surface area contributed by atoms with Crippen molar-refractivity contribution >= 4 is 17.6 Å². The van der Waals surface area contributed by atoms with Crippen LogP contribution >= 0.6 is 0 Å². The smallest absolute Gasteiger partial charge is 0.274 e. The summed E-state index contributed by atoms with van der Waals surface area (Å²) in [6, 6.07) is 9.08. The van der Waals surface area contributed by atoms with Gasteiger partial charge in [-0.25, -0.2) is 0 Å². The van der Waals surface area contributed by atoms with Crippen LogP contribution in [0.4, 0.5) is 11.4 Å². The number of rotatable bonds is 3. The van der Waals surface area contributed by atoms with Crippen LogP contribution in [0, 0.1) is 17.0 Å². The summed E-state index contributed by atoms with van der Waals surface area (Å²) in [5.41, 5.74) is 1.19. The molecule has 0 heterocycles. The predicted octanol–water partition coefficient (Wildman–Crippen LogP) is 3.07. The van der Waals surface area contributed by atoms with Crippen LogP contribution in [0.2, 0.25) is 0 Å². The number of phenolic OH excluding ortho intramolecular Hbond substituents is 2. The maximum Gasteiger partial charge on any atom is 0.274 e. The number of hydrogen-bond acceptors (Lipinski definition) is 5. The fourth-order valence-electron chi connectivity index (χ4n) is 1.74. The van der Waals surface area contributed by atoms with Gasteiger partial charge in [-0.05, 0) is 25.1 Å². The average molecular weight is 272 g/mol. The summed E-state index contributed by atoms with van der Waals surface area (Å²) >= 11 is 0. The van der Waals surface area contributed by atoms with Gasteiger partial charge >= 0.3 is 0 Å². The van der Waals surface area contributed by atoms with Gasteiger partial charge in [0, 0.05) is 17.8 Å². The molecule has 0 aliphatic rings. The molecule has 2 aromatic carbocycles. The normalized spacial score (nSPS) is 10.8. The Morgan fingerprint density at radius 3 is 2.60 bits per heavy atom. The van der Waals surface area contributed by atoms with Gasteiger partial charge in [-0.1, -0.05) is 12.1 Å². The molecular weight excluding hydrogens is 260 g/mol. The third kappa shape index (κ3) is 2.59. The standard InChI is InChI=1S/C14H12N2O4/c1-9-11(5-3-6-12(9)16(19)20)15-8-10-4-2-7-13(17)14(10)18/h2-8,17-18H,1H3. The molecule has 6 nitrogen and oxygen atoms in total. The lowest BCUT2D eigenvalue weighted by Gasteiger charge is -2.02. The predicted molar refractivity (Wildman–Crippen MR) is 74.9 cm³/mol. The van der Waals surface area contributed by atoms with Crippen molar-refractivity contribution in [1.82, 2.24) is 0 Å². The zero-order chi connectivity index (χ0) is 14.7. The number of nitro groups is 1. The molecule has 2 rings (SSSR count). The van der Waals surface area contributed by atoms with E-state index in [2.05, 4.69) is 4.99 Å². The summed E-state index contributed by atoms with van der Waals surface area (Å²) in [4.78, 5) is 14.5. The van der Waals surface area contributed by atoms with Crippen molar-refractivity contribution in [1.29, 1.82) is 0 Å². The van der Waals surface area contributed by atoms with E-state index < -0.39 is 4.92 Å². The Balaban J connectivity index is 2.40. The average Bonchev–Trinajstić information content (AvgIpc) is 2.41. The van der Waals surface area contributed by atoms with E-state index in [-0.39, 0.29) is 17.2 Å². The van der Waals surface area contributed by atoms with E-state index in [0.29, 0.717) is 16.8 Å². The number of para-hydroxylation sites is 1. The van der Waals surface area contributed by atoms with Crippen LogP contribution in [-0.4, -0.2) is 21.4 Å². The Labute approximate surface area is 114 Å². The van der Waals surface area contributed by atoms with Crippen LogP contribution in [0.15, 0.2) is 41.4 Å². The highest BCUT2D eigenvalue weighted by Crippen LogP contribution is 2.29. The third-order valence-electron chi connectivity index (χ3n) is 2.86. The minimum atomic E-state index is -0.472. The van der Waals surface area contributed by atoms with Crippen LogP contribution < -0.4 is 0 Å². The van der Waals surface area contributed by atoms with Crippen molar-refractivity contribution in [2.75, 3.05) is 0 Å². The van der Waals surface area contributed by atoms with Crippen molar-refractivity contribution < 1.29 is 15.1 Å². The second kappa shape index (κ2) is 5.40. The third-order valence-corrected chi connectivity index (χ3v) is 2.86. The van der Waals surface area contributed by atoms with Gasteiger partial charge in [0.2, 0.25) is 0 Å². The van der Waals surface area contributed by atoms with E-state index in [1.807, 2.05) is 0 Å². The molecule has 0 atom stereocenters. The molecule has 0 radical (unpaired) electrons. The fourth-order valence-corrected chi connectivity index (χ4v) is 1.74. The Morgan fingerprint density at radius 1 is 1.20 bits per heavy atom. The maximum absolute atomic E-state index is 10.8. The van der Waals surface area contributed by atoms with Crippen LogP contribution in [-0.2, 0) is 0 Å². The van der Waals surface area contributed by atoms with Gasteiger partial charge in [0.1, 0.15) is 0 Å². The van der Waals surface area contributed by atoms with Gasteiger partial charge in [-0.3, -0.25) is 15.1 Å². The minimum absolute atomic E-state index is 0.0141. The van der Waals surface area contributed by atoms with Crippen molar-refractivity contribution in [2.45, 2.75) is 6.92 Å². The van der Waals surface area contributed by atoms with E-state index in [1.54, 1.807) is 31.2 Å². The molecule has 2 N–H and O–H groups in total. The summed E-state index contributed by atoms with van der Waals surface area (Å²) in [6.07, 6.45) is 1.35. The number of phenols is 2. The SMILES string of the molecule is Cc1c(N=Cc2cccc(O)c2O)cccc1[N+](=O)[O-]. The van der Waals surface area contributed by atoms with E-state index in [4.69, 9.17) is 0 Å². The lowest BCUT2D eigenvalue weighted by atomic mass is 10.1. The largest absolute Gasteiger partial charge is 0.504 e. The molecule has 2 aromatic rings. The first-order valence-electron chi connectivity index (χ1n) is 5.79. The van der Waals surface area contributed by atoms with Crippen molar-refractivity contribution in [2.24, 2.45) is 4.99 Å². The van der Waals surface area contributed by atoms with Crippen LogP contribution in [0.25, 0.3) is 0 Å². The number of nitrogens with zero attached hydrogens (tertiary/aromatic N) is 2. The monoisotopic (exact) mass is 272 g/mol. The Bertz CT molecular complexity index is 696. The molecule has 0 aliphatic heterocycles. The topological polar surface area (TPSA) is 96.0 Å². The highest BCUT2D eigenvalue weighted by molar-refractivity contribution is 5.87. The van der Waals surface area contributed by atoms with E-state index in [9.17, 15) is 20.3 Å².